The van der Waals surface area contributed by atoms with E-state index in [0.29, 0.717) is 0 Å². The minimum Gasteiger partial charge on any atom is -0.398 e. The molecule has 0 radical (unpaired) electrons. The van der Waals surface area contributed by atoms with Crippen LogP contribution in [-0.2, 0) is 13.6 Å². The Bertz CT molecular complexity index is 281. The average molecular weight is 308 g/mol. The number of hydrogen-bond donors (Lipinski definition) is 0. The molecule has 0 aliphatic rings. The molecule has 0 heterocycles. The Morgan fingerprint density at radius 2 is 1.79 bits per heavy atom. The van der Waals surface area contributed by atoms with Crippen LogP contribution < -0.4 is 0 Å². The maximum atomic E-state index is 12.0. The number of amides is 1. The van der Waals surface area contributed by atoms with Crippen molar-refractivity contribution in [3.63, 3.8) is 0 Å². The van der Waals surface area contributed by atoms with E-state index in [2.05, 4.69) is 6.55 Å². The van der Waals surface area contributed by atoms with Crippen molar-refractivity contribution in [1.82, 2.24) is 4.90 Å². The van der Waals surface area contributed by atoms with Gasteiger partial charge in [-0.05, 0) is 24.8 Å². The van der Waals surface area contributed by atoms with Gasteiger partial charge in [0.15, 0.2) is 0 Å². The molecular formula is C13H29NO3SSi. The van der Waals surface area contributed by atoms with E-state index in [1.54, 1.807) is 19.1 Å². The standard InChI is InChI=1S/C13H29NO3SSi/c1-13(2,12(15)14(3)4)11-18-9-8-10-19(7,16-5)17-6/h8-11H2,1-7H3. The topological polar surface area (TPSA) is 38.8 Å². The predicted molar refractivity (Wildman–Crippen MR) is 84.9 cm³/mol. The fourth-order valence-corrected chi connectivity index (χ4v) is 4.55. The van der Waals surface area contributed by atoms with Gasteiger partial charge in [-0.3, -0.25) is 4.79 Å². The van der Waals surface area contributed by atoms with Gasteiger partial charge in [-0.15, -0.1) is 0 Å². The number of nitrogens with zero attached hydrogens (tertiary/aromatic N) is 1. The molecule has 0 rings (SSSR count). The third-order valence-electron chi connectivity index (χ3n) is 3.23. The van der Waals surface area contributed by atoms with Gasteiger partial charge >= 0.3 is 8.56 Å². The lowest BCUT2D eigenvalue weighted by atomic mass is 9.95. The molecule has 19 heavy (non-hydrogen) atoms. The molecule has 0 fully saturated rings. The molecule has 6 heteroatoms. The van der Waals surface area contributed by atoms with Crippen molar-refractivity contribution in [2.45, 2.75) is 32.9 Å². The van der Waals surface area contributed by atoms with E-state index in [-0.39, 0.29) is 11.3 Å². The van der Waals surface area contributed by atoms with Crippen LogP contribution in [0.1, 0.15) is 20.3 Å². The minimum atomic E-state index is -1.92. The van der Waals surface area contributed by atoms with Crippen molar-refractivity contribution in [2.75, 3.05) is 39.8 Å². The molecule has 0 aromatic heterocycles. The smallest absolute Gasteiger partial charge is 0.334 e. The van der Waals surface area contributed by atoms with Crippen LogP contribution in [0.2, 0.25) is 12.6 Å². The first-order chi connectivity index (χ1) is 8.68. The summed E-state index contributed by atoms with van der Waals surface area (Å²) in [6.07, 6.45) is 1.07. The van der Waals surface area contributed by atoms with Crippen LogP contribution in [0.4, 0.5) is 0 Å². The summed E-state index contributed by atoms with van der Waals surface area (Å²) in [6.45, 7) is 6.09. The Morgan fingerprint density at radius 1 is 1.26 bits per heavy atom. The molecule has 4 nitrogen and oxygen atoms in total. The SMILES string of the molecule is CO[Si](C)(CCCSCC(C)(C)C(=O)N(C)C)OC. The summed E-state index contributed by atoms with van der Waals surface area (Å²) in [5.41, 5.74) is -0.294. The van der Waals surface area contributed by atoms with Gasteiger partial charge in [0.2, 0.25) is 5.91 Å². The van der Waals surface area contributed by atoms with Crippen LogP contribution in [0, 0.1) is 5.41 Å². The summed E-state index contributed by atoms with van der Waals surface area (Å²) in [5, 5.41) is 0. The molecule has 0 N–H and O–H groups in total. The normalized spacial score (nSPS) is 12.6. The van der Waals surface area contributed by atoms with Crippen molar-refractivity contribution < 1.29 is 13.6 Å². The second-order valence-corrected chi connectivity index (χ2v) is 10.5. The van der Waals surface area contributed by atoms with Crippen LogP contribution in [0.15, 0.2) is 0 Å². The molecule has 0 atom stereocenters. The zero-order valence-electron chi connectivity index (χ0n) is 13.4. The Labute approximate surface area is 123 Å². The first kappa shape index (κ1) is 19.0. The molecule has 0 spiro atoms. The number of carbonyl (C=O) groups excluding carboxylic acids is 1. The van der Waals surface area contributed by atoms with Gasteiger partial charge in [-0.2, -0.15) is 11.8 Å². The van der Waals surface area contributed by atoms with Gasteiger partial charge in [0.05, 0.1) is 5.41 Å². The third kappa shape index (κ3) is 6.79. The summed E-state index contributed by atoms with van der Waals surface area (Å²) in [4.78, 5) is 13.6. The molecular weight excluding hydrogens is 278 g/mol. The number of carbonyl (C=O) groups is 1. The first-order valence-corrected chi connectivity index (χ1v) is 10.3. The van der Waals surface area contributed by atoms with E-state index in [4.69, 9.17) is 8.85 Å². The Balaban J connectivity index is 3.96. The summed E-state index contributed by atoms with van der Waals surface area (Å²) in [7, 11) is 5.14. The number of thioether (sulfide) groups is 1. The monoisotopic (exact) mass is 307 g/mol. The Hall–Kier alpha value is -0.0431. The fourth-order valence-electron chi connectivity index (χ4n) is 1.78. The molecule has 0 bridgehead atoms. The highest BCUT2D eigenvalue weighted by Gasteiger charge is 2.30. The van der Waals surface area contributed by atoms with Gasteiger partial charge in [0.1, 0.15) is 0 Å². The zero-order chi connectivity index (χ0) is 15.1. The molecule has 0 aliphatic heterocycles. The van der Waals surface area contributed by atoms with E-state index in [1.807, 2.05) is 39.7 Å². The van der Waals surface area contributed by atoms with E-state index in [0.717, 1.165) is 24.0 Å². The zero-order valence-corrected chi connectivity index (χ0v) is 15.2. The van der Waals surface area contributed by atoms with Crippen molar-refractivity contribution in [1.29, 1.82) is 0 Å². The minimum absolute atomic E-state index is 0.188. The van der Waals surface area contributed by atoms with Gasteiger partial charge in [-0.25, -0.2) is 0 Å². The van der Waals surface area contributed by atoms with Gasteiger partial charge in [0.25, 0.3) is 0 Å². The number of hydrogen-bond acceptors (Lipinski definition) is 4. The summed E-state index contributed by atoms with van der Waals surface area (Å²) >= 11 is 1.83. The van der Waals surface area contributed by atoms with Crippen molar-refractivity contribution in [3.8, 4) is 0 Å². The maximum absolute atomic E-state index is 12.0. The van der Waals surface area contributed by atoms with Crippen LogP contribution in [-0.4, -0.2) is 59.2 Å². The molecule has 0 saturated carbocycles. The summed E-state index contributed by atoms with van der Waals surface area (Å²) in [5.74, 6) is 2.08. The van der Waals surface area contributed by atoms with E-state index in [9.17, 15) is 4.79 Å². The average Bonchev–Trinajstić information content (AvgIpc) is 2.36. The third-order valence-corrected chi connectivity index (χ3v) is 7.72. The molecule has 0 aromatic carbocycles. The van der Waals surface area contributed by atoms with Crippen LogP contribution in [0.5, 0.6) is 0 Å². The molecule has 0 aliphatic carbocycles. The quantitative estimate of drug-likeness (QED) is 0.485. The lowest BCUT2D eigenvalue weighted by Crippen LogP contribution is -2.38. The summed E-state index contributed by atoms with van der Waals surface area (Å²) in [6, 6.07) is 0.995. The van der Waals surface area contributed by atoms with Crippen molar-refractivity contribution in [3.05, 3.63) is 0 Å². The van der Waals surface area contributed by atoms with Crippen LogP contribution >= 0.6 is 11.8 Å². The van der Waals surface area contributed by atoms with Gasteiger partial charge in [-0.1, -0.05) is 13.8 Å². The fraction of sp³-hybridized carbons (Fsp3) is 0.923. The van der Waals surface area contributed by atoms with Gasteiger partial charge < -0.3 is 13.8 Å². The molecule has 0 unspecified atom stereocenters. The van der Waals surface area contributed by atoms with Crippen LogP contribution in [0.25, 0.3) is 0 Å². The van der Waals surface area contributed by atoms with E-state index in [1.165, 1.54) is 0 Å². The number of rotatable bonds is 9. The molecule has 114 valence electrons. The van der Waals surface area contributed by atoms with Crippen LogP contribution in [0.3, 0.4) is 0 Å². The van der Waals surface area contributed by atoms with E-state index >= 15 is 0 Å². The predicted octanol–water partition coefficient (Wildman–Crippen LogP) is 2.59. The van der Waals surface area contributed by atoms with Crippen molar-refractivity contribution >= 4 is 26.2 Å². The lowest BCUT2D eigenvalue weighted by molar-refractivity contribution is -0.136. The highest BCUT2D eigenvalue weighted by molar-refractivity contribution is 7.99. The second-order valence-electron chi connectivity index (χ2n) is 5.78. The molecule has 0 aromatic rings. The molecule has 0 saturated heterocycles. The Kier molecular flexibility index (Phi) is 8.27. The highest BCUT2D eigenvalue weighted by Crippen LogP contribution is 2.25. The largest absolute Gasteiger partial charge is 0.398 e. The first-order valence-electron chi connectivity index (χ1n) is 6.58. The Morgan fingerprint density at radius 3 is 2.21 bits per heavy atom. The maximum Gasteiger partial charge on any atom is 0.334 e. The van der Waals surface area contributed by atoms with Gasteiger partial charge in [0, 0.05) is 34.1 Å². The summed E-state index contributed by atoms with van der Waals surface area (Å²) < 4.78 is 10.9. The van der Waals surface area contributed by atoms with Crippen molar-refractivity contribution in [2.24, 2.45) is 5.41 Å². The second kappa shape index (κ2) is 8.29. The molecule has 1 amide bonds. The highest BCUT2D eigenvalue weighted by atomic mass is 32.2. The lowest BCUT2D eigenvalue weighted by Gasteiger charge is -2.27. The van der Waals surface area contributed by atoms with E-state index < -0.39 is 8.56 Å².